The molecule has 0 saturated heterocycles. The van der Waals surface area contributed by atoms with Crippen LogP contribution in [-0.4, -0.2) is 36.7 Å². The number of carboxylic acid groups (broad SMARTS) is 1. The van der Waals surface area contributed by atoms with Gasteiger partial charge in [-0.15, -0.1) is 0 Å². The molecular weight excluding hydrogens is 310 g/mol. The zero-order valence-electron chi connectivity index (χ0n) is 14.5. The molecule has 6 nitrogen and oxygen atoms in total. The topological polar surface area (TPSA) is 84.9 Å². The molecule has 0 radical (unpaired) electrons. The molecular formula is C18H25NO5. The summed E-state index contributed by atoms with van der Waals surface area (Å²) in [7, 11) is 1.54. The van der Waals surface area contributed by atoms with Gasteiger partial charge in [-0.05, 0) is 36.6 Å². The van der Waals surface area contributed by atoms with Crippen LogP contribution >= 0.6 is 0 Å². The largest absolute Gasteiger partial charge is 0.493 e. The Bertz CT molecular complexity index is 597. The molecule has 0 fully saturated rings. The highest BCUT2D eigenvalue weighted by Gasteiger charge is 2.24. The van der Waals surface area contributed by atoms with Crippen molar-refractivity contribution in [2.75, 3.05) is 13.7 Å². The maximum absolute atomic E-state index is 12.0. The van der Waals surface area contributed by atoms with Crippen molar-refractivity contribution in [2.24, 2.45) is 5.92 Å². The van der Waals surface area contributed by atoms with Gasteiger partial charge in [0.15, 0.2) is 11.5 Å². The summed E-state index contributed by atoms with van der Waals surface area (Å²) in [6.07, 6.45) is 3.58. The Kier molecular flexibility index (Phi) is 7.82. The van der Waals surface area contributed by atoms with Crippen molar-refractivity contribution < 1.29 is 24.2 Å². The average Bonchev–Trinajstić information content (AvgIpc) is 2.57. The maximum Gasteiger partial charge on any atom is 0.326 e. The van der Waals surface area contributed by atoms with Gasteiger partial charge < -0.3 is 19.9 Å². The molecule has 1 amide bonds. The second-order valence-corrected chi connectivity index (χ2v) is 5.39. The fraction of sp³-hybridized carbons (Fsp3) is 0.444. The first-order chi connectivity index (χ1) is 11.4. The van der Waals surface area contributed by atoms with Crippen molar-refractivity contribution in [2.45, 2.75) is 33.2 Å². The second-order valence-electron chi connectivity index (χ2n) is 5.39. The van der Waals surface area contributed by atoms with E-state index in [1.165, 1.54) is 6.08 Å². The third-order valence-corrected chi connectivity index (χ3v) is 3.69. The van der Waals surface area contributed by atoms with E-state index in [2.05, 4.69) is 5.32 Å². The number of hydrogen-bond acceptors (Lipinski definition) is 4. The minimum Gasteiger partial charge on any atom is -0.493 e. The highest BCUT2D eigenvalue weighted by atomic mass is 16.5. The first kappa shape index (κ1) is 19.5. The van der Waals surface area contributed by atoms with Crippen LogP contribution in [0.25, 0.3) is 6.08 Å². The number of carboxylic acids is 1. The van der Waals surface area contributed by atoms with Crippen molar-refractivity contribution in [3.8, 4) is 11.5 Å². The second kappa shape index (κ2) is 9.60. The molecule has 2 N–H and O–H groups in total. The number of methoxy groups -OCH3 is 1. The molecule has 0 aliphatic carbocycles. The molecule has 0 aliphatic heterocycles. The summed E-state index contributed by atoms with van der Waals surface area (Å²) in [6.45, 7) is 6.09. The van der Waals surface area contributed by atoms with Crippen LogP contribution < -0.4 is 14.8 Å². The predicted octanol–water partition coefficient (Wildman–Crippen LogP) is 2.72. The molecule has 1 aromatic carbocycles. The number of rotatable bonds is 9. The van der Waals surface area contributed by atoms with Crippen LogP contribution in [0.15, 0.2) is 24.3 Å². The third-order valence-electron chi connectivity index (χ3n) is 3.69. The zero-order chi connectivity index (χ0) is 18.1. The molecule has 2 atom stereocenters. The van der Waals surface area contributed by atoms with E-state index < -0.39 is 17.9 Å². The van der Waals surface area contributed by atoms with Crippen molar-refractivity contribution in [3.05, 3.63) is 29.8 Å². The number of amides is 1. The van der Waals surface area contributed by atoms with E-state index in [0.717, 1.165) is 5.56 Å². The average molecular weight is 335 g/mol. The minimum absolute atomic E-state index is 0.148. The van der Waals surface area contributed by atoms with Crippen LogP contribution in [0.5, 0.6) is 11.5 Å². The lowest BCUT2D eigenvalue weighted by atomic mass is 9.99. The summed E-state index contributed by atoms with van der Waals surface area (Å²) in [5.74, 6) is -0.429. The molecule has 1 rings (SSSR count). The lowest BCUT2D eigenvalue weighted by Gasteiger charge is -2.19. The normalized spacial score (nSPS) is 13.3. The molecule has 6 heteroatoms. The molecule has 0 aliphatic rings. The summed E-state index contributed by atoms with van der Waals surface area (Å²) in [5, 5.41) is 11.7. The van der Waals surface area contributed by atoms with E-state index in [1.807, 2.05) is 13.8 Å². The maximum atomic E-state index is 12.0. The summed E-state index contributed by atoms with van der Waals surface area (Å²) in [6, 6.07) is 4.40. The molecule has 0 saturated carbocycles. The lowest BCUT2D eigenvalue weighted by Crippen LogP contribution is -2.44. The first-order valence-electron chi connectivity index (χ1n) is 7.95. The molecule has 0 aromatic heterocycles. The van der Waals surface area contributed by atoms with Gasteiger partial charge in [0.05, 0.1) is 13.7 Å². The number of aliphatic carboxylic acids is 1. The third kappa shape index (κ3) is 5.61. The van der Waals surface area contributed by atoms with E-state index in [-0.39, 0.29) is 5.92 Å². The Morgan fingerprint density at radius 3 is 2.54 bits per heavy atom. The Morgan fingerprint density at radius 1 is 1.29 bits per heavy atom. The van der Waals surface area contributed by atoms with E-state index in [1.54, 1.807) is 38.3 Å². The quantitative estimate of drug-likeness (QED) is 0.678. The SMILES string of the molecule is CCOc1ccc(/C=C/C(=O)NC(C(=O)O)C(C)CC)cc1OC. The highest BCUT2D eigenvalue weighted by molar-refractivity contribution is 5.94. The Morgan fingerprint density at radius 2 is 2.00 bits per heavy atom. The molecule has 132 valence electrons. The van der Waals surface area contributed by atoms with Crippen molar-refractivity contribution >= 4 is 18.0 Å². The number of nitrogens with one attached hydrogen (secondary N) is 1. The van der Waals surface area contributed by atoms with Crippen LogP contribution in [0.2, 0.25) is 0 Å². The van der Waals surface area contributed by atoms with Crippen LogP contribution in [0.4, 0.5) is 0 Å². The van der Waals surface area contributed by atoms with E-state index in [9.17, 15) is 14.7 Å². The molecule has 1 aromatic rings. The van der Waals surface area contributed by atoms with Crippen LogP contribution in [0.3, 0.4) is 0 Å². The minimum atomic E-state index is -1.03. The van der Waals surface area contributed by atoms with Crippen LogP contribution in [-0.2, 0) is 9.59 Å². The van der Waals surface area contributed by atoms with Crippen LogP contribution in [0.1, 0.15) is 32.8 Å². The summed E-state index contributed by atoms with van der Waals surface area (Å²) in [4.78, 5) is 23.2. The summed E-state index contributed by atoms with van der Waals surface area (Å²) < 4.78 is 10.7. The molecule has 2 unspecified atom stereocenters. The van der Waals surface area contributed by atoms with Gasteiger partial charge in [-0.1, -0.05) is 26.3 Å². The van der Waals surface area contributed by atoms with Crippen molar-refractivity contribution in [1.82, 2.24) is 5.32 Å². The van der Waals surface area contributed by atoms with E-state index >= 15 is 0 Å². The Balaban J connectivity index is 2.81. The van der Waals surface area contributed by atoms with Crippen molar-refractivity contribution in [1.29, 1.82) is 0 Å². The van der Waals surface area contributed by atoms with Gasteiger partial charge in [-0.3, -0.25) is 4.79 Å². The van der Waals surface area contributed by atoms with E-state index in [4.69, 9.17) is 9.47 Å². The summed E-state index contributed by atoms with van der Waals surface area (Å²) >= 11 is 0. The van der Waals surface area contributed by atoms with Gasteiger partial charge in [-0.2, -0.15) is 0 Å². The smallest absolute Gasteiger partial charge is 0.326 e. The van der Waals surface area contributed by atoms with Gasteiger partial charge in [0.25, 0.3) is 0 Å². The Labute approximate surface area is 142 Å². The fourth-order valence-corrected chi connectivity index (χ4v) is 2.12. The standard InChI is InChI=1S/C18H25NO5/c1-5-12(3)17(18(21)22)19-16(20)10-8-13-7-9-14(24-6-2)15(11-13)23-4/h7-12,17H,5-6H2,1-4H3,(H,19,20)(H,21,22)/b10-8+. The predicted molar refractivity (Wildman–Crippen MR) is 92.2 cm³/mol. The number of ether oxygens (including phenoxy) is 2. The number of carbonyl (C=O) groups is 2. The monoisotopic (exact) mass is 335 g/mol. The van der Waals surface area contributed by atoms with Crippen molar-refractivity contribution in [3.63, 3.8) is 0 Å². The zero-order valence-corrected chi connectivity index (χ0v) is 14.5. The van der Waals surface area contributed by atoms with Gasteiger partial charge in [-0.25, -0.2) is 4.79 Å². The van der Waals surface area contributed by atoms with Gasteiger partial charge in [0.2, 0.25) is 5.91 Å². The molecule has 0 heterocycles. The lowest BCUT2D eigenvalue weighted by molar-refractivity contribution is -0.142. The van der Waals surface area contributed by atoms with Gasteiger partial charge >= 0.3 is 5.97 Å². The number of hydrogen-bond donors (Lipinski definition) is 2. The number of carbonyl (C=O) groups excluding carboxylic acids is 1. The van der Waals surface area contributed by atoms with E-state index in [0.29, 0.717) is 24.5 Å². The molecule has 0 bridgehead atoms. The number of benzene rings is 1. The first-order valence-corrected chi connectivity index (χ1v) is 7.95. The van der Waals surface area contributed by atoms with Crippen LogP contribution in [0, 0.1) is 5.92 Å². The Hall–Kier alpha value is -2.50. The highest BCUT2D eigenvalue weighted by Crippen LogP contribution is 2.28. The molecule has 24 heavy (non-hydrogen) atoms. The summed E-state index contributed by atoms with van der Waals surface area (Å²) in [5.41, 5.74) is 0.751. The fourth-order valence-electron chi connectivity index (χ4n) is 2.12. The molecule has 0 spiro atoms. The van der Waals surface area contributed by atoms with Gasteiger partial charge in [0.1, 0.15) is 6.04 Å². The van der Waals surface area contributed by atoms with Gasteiger partial charge in [0, 0.05) is 6.08 Å².